The van der Waals surface area contributed by atoms with Crippen molar-refractivity contribution in [3.05, 3.63) is 82.5 Å². The Morgan fingerprint density at radius 1 is 1.07 bits per heavy atom. The minimum atomic E-state index is -0.228. The Hall–Kier alpha value is -2.81. The van der Waals surface area contributed by atoms with E-state index in [1.807, 2.05) is 48.5 Å². The molecule has 3 rings (SSSR count). The van der Waals surface area contributed by atoms with Crippen LogP contribution in [0.25, 0.3) is 0 Å². The number of benzene rings is 2. The molecule has 1 amide bonds. The molecule has 0 aromatic heterocycles. The van der Waals surface area contributed by atoms with Crippen molar-refractivity contribution in [2.24, 2.45) is 0 Å². The smallest absolute Gasteiger partial charge is 0.266 e. The quantitative estimate of drug-likeness (QED) is 0.604. The Morgan fingerprint density at radius 2 is 1.75 bits per heavy atom. The molecular weight excluding hydrogens is 372 g/mol. The summed E-state index contributed by atoms with van der Waals surface area (Å²) in [7, 11) is 0. The molecule has 5 nitrogen and oxygen atoms in total. The highest BCUT2D eigenvalue weighted by atomic mass is 35.5. The van der Waals surface area contributed by atoms with Gasteiger partial charge in [0.05, 0.1) is 0 Å². The largest absolute Gasteiger partial charge is 0.386 e. The zero-order chi connectivity index (χ0) is 19.8. The molecule has 0 spiro atoms. The third-order valence-corrected chi connectivity index (χ3v) is 5.12. The van der Waals surface area contributed by atoms with E-state index in [1.54, 1.807) is 4.90 Å². The lowest BCUT2D eigenvalue weighted by Crippen LogP contribution is -2.48. The second-order valence-electron chi connectivity index (χ2n) is 6.70. The first kappa shape index (κ1) is 19.9. The zero-order valence-electron chi connectivity index (χ0n) is 15.6. The van der Waals surface area contributed by atoms with E-state index in [4.69, 9.17) is 11.6 Å². The van der Waals surface area contributed by atoms with Crippen LogP contribution in [0.5, 0.6) is 0 Å². The number of carbonyl (C=O) groups excluding carboxylic acids is 1. The molecule has 0 atom stereocenters. The highest BCUT2D eigenvalue weighted by Crippen LogP contribution is 2.15. The fraction of sp³-hybridized carbons (Fsp3) is 0.273. The monoisotopic (exact) mass is 394 g/mol. The van der Waals surface area contributed by atoms with Gasteiger partial charge in [-0.2, -0.15) is 5.26 Å². The fourth-order valence-corrected chi connectivity index (χ4v) is 3.37. The number of rotatable bonds is 6. The number of nitrogens with one attached hydrogen (secondary N) is 1. The van der Waals surface area contributed by atoms with Crippen LogP contribution in [0.4, 0.5) is 0 Å². The molecule has 1 N–H and O–H groups in total. The van der Waals surface area contributed by atoms with Crippen LogP contribution in [0, 0.1) is 11.3 Å². The van der Waals surface area contributed by atoms with Gasteiger partial charge < -0.3 is 10.2 Å². The Bertz CT molecular complexity index is 868. The zero-order valence-corrected chi connectivity index (χ0v) is 16.4. The first-order valence-electron chi connectivity index (χ1n) is 9.30. The molecule has 6 heteroatoms. The highest BCUT2D eigenvalue weighted by Gasteiger charge is 2.23. The lowest BCUT2D eigenvalue weighted by Gasteiger charge is -2.34. The Kier molecular flexibility index (Phi) is 7.07. The van der Waals surface area contributed by atoms with Gasteiger partial charge in [0.1, 0.15) is 11.6 Å². The van der Waals surface area contributed by atoms with Crippen molar-refractivity contribution in [2.45, 2.75) is 13.1 Å². The lowest BCUT2D eigenvalue weighted by molar-refractivity contribution is -0.128. The van der Waals surface area contributed by atoms with Crippen molar-refractivity contribution in [1.29, 1.82) is 5.26 Å². The second-order valence-corrected chi connectivity index (χ2v) is 7.10. The molecule has 2 aromatic rings. The van der Waals surface area contributed by atoms with Crippen LogP contribution in [0.15, 0.2) is 66.4 Å². The van der Waals surface area contributed by atoms with Crippen molar-refractivity contribution in [1.82, 2.24) is 15.1 Å². The molecule has 0 radical (unpaired) electrons. The van der Waals surface area contributed by atoms with Crippen molar-refractivity contribution < 1.29 is 4.79 Å². The molecule has 1 fully saturated rings. The number of nitriles is 1. The van der Waals surface area contributed by atoms with Crippen LogP contribution in [-0.2, 0) is 17.9 Å². The van der Waals surface area contributed by atoms with Gasteiger partial charge in [-0.05, 0) is 17.2 Å². The van der Waals surface area contributed by atoms with Crippen molar-refractivity contribution in [3.63, 3.8) is 0 Å². The summed E-state index contributed by atoms with van der Waals surface area (Å²) in [4.78, 5) is 16.7. The maximum absolute atomic E-state index is 12.7. The maximum Gasteiger partial charge on any atom is 0.266 e. The molecule has 144 valence electrons. The Balaban J connectivity index is 1.51. The van der Waals surface area contributed by atoms with E-state index in [9.17, 15) is 10.1 Å². The minimum Gasteiger partial charge on any atom is -0.386 e. The van der Waals surface area contributed by atoms with Crippen molar-refractivity contribution in [3.8, 4) is 6.07 Å². The summed E-state index contributed by atoms with van der Waals surface area (Å²) in [6, 6.07) is 19.8. The van der Waals surface area contributed by atoms with E-state index in [0.717, 1.165) is 25.2 Å². The van der Waals surface area contributed by atoms with Crippen LogP contribution in [-0.4, -0.2) is 41.9 Å². The van der Waals surface area contributed by atoms with E-state index in [-0.39, 0.29) is 11.5 Å². The molecule has 1 aliphatic rings. The summed E-state index contributed by atoms with van der Waals surface area (Å²) in [5.74, 6) is -0.228. The Morgan fingerprint density at radius 3 is 2.43 bits per heavy atom. The number of carbonyl (C=O) groups is 1. The molecule has 1 heterocycles. The van der Waals surface area contributed by atoms with Crippen molar-refractivity contribution in [2.75, 3.05) is 26.2 Å². The van der Waals surface area contributed by atoms with Crippen LogP contribution >= 0.6 is 11.6 Å². The van der Waals surface area contributed by atoms with Gasteiger partial charge in [-0.1, -0.05) is 60.1 Å². The van der Waals surface area contributed by atoms with Gasteiger partial charge >= 0.3 is 0 Å². The van der Waals surface area contributed by atoms with Crippen LogP contribution in [0.2, 0.25) is 5.02 Å². The Labute approximate surface area is 170 Å². The second kappa shape index (κ2) is 9.93. The third kappa shape index (κ3) is 5.35. The van der Waals surface area contributed by atoms with Crippen LogP contribution in [0.1, 0.15) is 11.1 Å². The van der Waals surface area contributed by atoms with Gasteiger partial charge in [0.25, 0.3) is 5.91 Å². The minimum absolute atomic E-state index is 0.114. The van der Waals surface area contributed by atoms with E-state index in [0.29, 0.717) is 24.7 Å². The summed E-state index contributed by atoms with van der Waals surface area (Å²) < 4.78 is 0. The molecule has 2 aromatic carbocycles. The number of hydrogen-bond donors (Lipinski definition) is 1. The molecule has 28 heavy (non-hydrogen) atoms. The summed E-state index contributed by atoms with van der Waals surface area (Å²) in [5.41, 5.74) is 2.30. The number of amides is 1. The topological polar surface area (TPSA) is 59.4 Å². The predicted octanol–water partition coefficient (Wildman–Crippen LogP) is 3.18. The molecule has 1 saturated heterocycles. The SMILES string of the molecule is N#C/C(=C/NCc1ccccc1Cl)C(=O)N1CCN(Cc2ccccc2)CC1. The summed E-state index contributed by atoms with van der Waals surface area (Å²) in [5, 5.41) is 13.1. The average Bonchev–Trinajstić information content (AvgIpc) is 2.73. The summed E-state index contributed by atoms with van der Waals surface area (Å²) in [6.45, 7) is 4.18. The van der Waals surface area contributed by atoms with Gasteiger partial charge in [-0.3, -0.25) is 9.69 Å². The normalized spacial score (nSPS) is 15.1. The predicted molar refractivity (Wildman–Crippen MR) is 110 cm³/mol. The van der Waals surface area contributed by atoms with Crippen LogP contribution in [0.3, 0.4) is 0 Å². The van der Waals surface area contributed by atoms with Gasteiger partial charge in [-0.25, -0.2) is 0 Å². The van der Waals surface area contributed by atoms with Crippen LogP contribution < -0.4 is 5.32 Å². The van der Waals surface area contributed by atoms with Gasteiger partial charge in [-0.15, -0.1) is 0 Å². The average molecular weight is 395 g/mol. The van der Waals surface area contributed by atoms with E-state index < -0.39 is 0 Å². The van der Waals surface area contributed by atoms with E-state index >= 15 is 0 Å². The third-order valence-electron chi connectivity index (χ3n) is 4.76. The highest BCUT2D eigenvalue weighted by molar-refractivity contribution is 6.31. The van der Waals surface area contributed by atoms with E-state index in [2.05, 4.69) is 22.3 Å². The summed E-state index contributed by atoms with van der Waals surface area (Å²) in [6.07, 6.45) is 1.49. The van der Waals surface area contributed by atoms with Crippen molar-refractivity contribution >= 4 is 17.5 Å². The van der Waals surface area contributed by atoms with Gasteiger partial charge in [0, 0.05) is 50.5 Å². The van der Waals surface area contributed by atoms with Gasteiger partial charge in [0.15, 0.2) is 0 Å². The number of hydrogen-bond acceptors (Lipinski definition) is 4. The molecule has 0 aliphatic carbocycles. The standard InChI is InChI=1S/C22H23ClN4O/c23-21-9-5-4-8-19(21)15-25-16-20(14-24)22(28)27-12-10-26(11-13-27)17-18-6-2-1-3-7-18/h1-9,16,25H,10-13,15,17H2/b20-16-. The molecule has 0 unspecified atom stereocenters. The maximum atomic E-state index is 12.7. The molecule has 0 saturated carbocycles. The van der Waals surface area contributed by atoms with Gasteiger partial charge in [0.2, 0.25) is 0 Å². The lowest BCUT2D eigenvalue weighted by atomic mass is 10.2. The molecule has 0 bridgehead atoms. The molecule has 1 aliphatic heterocycles. The molecular formula is C22H23ClN4O. The fourth-order valence-electron chi connectivity index (χ4n) is 3.17. The van der Waals surface area contributed by atoms with E-state index in [1.165, 1.54) is 11.8 Å². The first-order valence-corrected chi connectivity index (χ1v) is 9.68. The number of halogens is 1. The number of nitrogens with zero attached hydrogens (tertiary/aromatic N) is 3. The summed E-state index contributed by atoms with van der Waals surface area (Å²) >= 11 is 6.12. The number of piperazine rings is 1. The first-order chi connectivity index (χ1) is 13.7.